The first-order chi connectivity index (χ1) is 11.7. The third-order valence-electron chi connectivity index (χ3n) is 4.41. The summed E-state index contributed by atoms with van der Waals surface area (Å²) in [7, 11) is 1.91. The molecule has 0 aromatic carbocycles. The molecule has 0 amide bonds. The van der Waals surface area contributed by atoms with E-state index in [2.05, 4.69) is 35.3 Å². The van der Waals surface area contributed by atoms with Crippen LogP contribution in [0.3, 0.4) is 0 Å². The molecule has 124 valence electrons. The van der Waals surface area contributed by atoms with Gasteiger partial charge in [-0.05, 0) is 25.8 Å². The molecule has 1 aliphatic rings. The molecule has 1 N–H and O–H groups in total. The lowest BCUT2D eigenvalue weighted by Crippen LogP contribution is -2.39. The number of anilines is 2. The summed E-state index contributed by atoms with van der Waals surface area (Å²) in [6.45, 7) is 3.83. The van der Waals surface area contributed by atoms with E-state index in [0.29, 0.717) is 6.04 Å². The second kappa shape index (κ2) is 6.03. The Balaban J connectivity index is 1.50. The molecule has 8 nitrogen and oxygen atoms in total. The number of rotatable bonds is 3. The van der Waals surface area contributed by atoms with Crippen LogP contribution in [-0.2, 0) is 7.05 Å². The van der Waals surface area contributed by atoms with Crippen molar-refractivity contribution in [3.05, 3.63) is 30.6 Å². The summed E-state index contributed by atoms with van der Waals surface area (Å²) < 4.78 is 1.80. The molecule has 0 spiro atoms. The zero-order valence-corrected chi connectivity index (χ0v) is 13.8. The van der Waals surface area contributed by atoms with Crippen molar-refractivity contribution in [2.75, 3.05) is 23.3 Å². The Morgan fingerprint density at radius 3 is 2.79 bits per heavy atom. The van der Waals surface area contributed by atoms with E-state index >= 15 is 0 Å². The average molecular weight is 324 g/mol. The second-order valence-electron chi connectivity index (χ2n) is 6.10. The Morgan fingerprint density at radius 1 is 1.21 bits per heavy atom. The van der Waals surface area contributed by atoms with E-state index in [1.165, 1.54) is 0 Å². The zero-order chi connectivity index (χ0) is 16.5. The van der Waals surface area contributed by atoms with Crippen LogP contribution in [0.2, 0.25) is 0 Å². The molecule has 1 fully saturated rings. The summed E-state index contributed by atoms with van der Waals surface area (Å²) >= 11 is 0. The maximum absolute atomic E-state index is 4.67. The van der Waals surface area contributed by atoms with E-state index < -0.39 is 0 Å². The highest BCUT2D eigenvalue weighted by Gasteiger charge is 2.23. The number of hydrogen-bond acceptors (Lipinski definition) is 7. The minimum absolute atomic E-state index is 0.420. The van der Waals surface area contributed by atoms with Crippen molar-refractivity contribution in [3.63, 3.8) is 0 Å². The number of hydrogen-bond donors (Lipinski definition) is 1. The molecule has 0 unspecified atom stereocenters. The molecule has 4 rings (SSSR count). The largest absolute Gasteiger partial charge is 0.367 e. The van der Waals surface area contributed by atoms with Gasteiger partial charge in [0.15, 0.2) is 5.65 Å². The minimum atomic E-state index is 0.420. The number of nitrogens with one attached hydrogen (secondary N) is 1. The highest BCUT2D eigenvalue weighted by atomic mass is 15.3. The van der Waals surface area contributed by atoms with Crippen molar-refractivity contribution < 1.29 is 0 Å². The monoisotopic (exact) mass is 324 g/mol. The third-order valence-corrected chi connectivity index (χ3v) is 4.41. The third kappa shape index (κ3) is 2.75. The molecule has 24 heavy (non-hydrogen) atoms. The van der Waals surface area contributed by atoms with E-state index in [0.717, 1.165) is 54.4 Å². The van der Waals surface area contributed by atoms with Gasteiger partial charge in [-0.1, -0.05) is 0 Å². The van der Waals surface area contributed by atoms with Crippen LogP contribution in [0.15, 0.2) is 24.8 Å². The van der Waals surface area contributed by atoms with E-state index in [-0.39, 0.29) is 0 Å². The van der Waals surface area contributed by atoms with Crippen molar-refractivity contribution in [2.24, 2.45) is 7.05 Å². The number of aryl methyl sites for hydroxylation is 2. The van der Waals surface area contributed by atoms with E-state index in [9.17, 15) is 0 Å². The molecule has 8 heteroatoms. The minimum Gasteiger partial charge on any atom is -0.367 e. The molecule has 3 aromatic heterocycles. The lowest BCUT2D eigenvalue weighted by Gasteiger charge is -2.33. The SMILES string of the molecule is Cc1nc(N2CCC(Nc3ccncn3)CC2)c2cnn(C)c2n1. The highest BCUT2D eigenvalue weighted by molar-refractivity contribution is 5.87. The van der Waals surface area contributed by atoms with Gasteiger partial charge in [0.25, 0.3) is 0 Å². The van der Waals surface area contributed by atoms with Crippen LogP contribution in [0.1, 0.15) is 18.7 Å². The van der Waals surface area contributed by atoms with Crippen LogP contribution >= 0.6 is 0 Å². The summed E-state index contributed by atoms with van der Waals surface area (Å²) in [6, 6.07) is 2.32. The zero-order valence-electron chi connectivity index (χ0n) is 13.8. The van der Waals surface area contributed by atoms with Crippen LogP contribution in [0.5, 0.6) is 0 Å². The van der Waals surface area contributed by atoms with Gasteiger partial charge in [0.2, 0.25) is 0 Å². The van der Waals surface area contributed by atoms with E-state index in [4.69, 9.17) is 0 Å². The van der Waals surface area contributed by atoms with Gasteiger partial charge < -0.3 is 10.2 Å². The number of aromatic nitrogens is 6. The average Bonchev–Trinajstić information content (AvgIpc) is 2.97. The van der Waals surface area contributed by atoms with Crippen molar-refractivity contribution in [1.82, 2.24) is 29.7 Å². The van der Waals surface area contributed by atoms with Crippen LogP contribution in [-0.4, -0.2) is 48.8 Å². The smallest absolute Gasteiger partial charge is 0.163 e. The molecule has 0 atom stereocenters. The van der Waals surface area contributed by atoms with Gasteiger partial charge in [0.05, 0.1) is 11.6 Å². The highest BCUT2D eigenvalue weighted by Crippen LogP contribution is 2.26. The van der Waals surface area contributed by atoms with Crippen LogP contribution in [0.25, 0.3) is 11.0 Å². The molecular weight excluding hydrogens is 304 g/mol. The summed E-state index contributed by atoms with van der Waals surface area (Å²) in [5.74, 6) is 2.66. The van der Waals surface area contributed by atoms with Gasteiger partial charge in [0, 0.05) is 32.4 Å². The van der Waals surface area contributed by atoms with E-state index in [1.54, 1.807) is 17.2 Å². The van der Waals surface area contributed by atoms with Crippen molar-refractivity contribution >= 4 is 22.7 Å². The fourth-order valence-electron chi connectivity index (χ4n) is 3.18. The first kappa shape index (κ1) is 14.8. The summed E-state index contributed by atoms with van der Waals surface area (Å²) in [6.07, 6.45) is 7.26. The predicted molar refractivity (Wildman–Crippen MR) is 91.9 cm³/mol. The second-order valence-corrected chi connectivity index (χ2v) is 6.10. The predicted octanol–water partition coefficient (Wildman–Crippen LogP) is 1.54. The molecular formula is C16H20N8. The molecule has 4 heterocycles. The lowest BCUT2D eigenvalue weighted by atomic mass is 10.0. The Hall–Kier alpha value is -2.77. The Bertz CT molecular complexity index is 836. The van der Waals surface area contributed by atoms with Gasteiger partial charge in [-0.25, -0.2) is 19.9 Å². The number of nitrogens with zero attached hydrogens (tertiary/aromatic N) is 7. The molecule has 1 saturated heterocycles. The fraction of sp³-hybridized carbons (Fsp3) is 0.438. The Labute approximate surface area is 140 Å². The summed E-state index contributed by atoms with van der Waals surface area (Å²) in [5.41, 5.74) is 0.888. The molecule has 3 aromatic rings. The maximum Gasteiger partial charge on any atom is 0.163 e. The molecule has 0 radical (unpaired) electrons. The van der Waals surface area contributed by atoms with Crippen LogP contribution < -0.4 is 10.2 Å². The lowest BCUT2D eigenvalue weighted by molar-refractivity contribution is 0.523. The van der Waals surface area contributed by atoms with Gasteiger partial charge in [-0.2, -0.15) is 5.10 Å². The topological polar surface area (TPSA) is 84.7 Å². The molecule has 0 aliphatic carbocycles. The van der Waals surface area contributed by atoms with Crippen molar-refractivity contribution in [1.29, 1.82) is 0 Å². The summed E-state index contributed by atoms with van der Waals surface area (Å²) in [4.78, 5) is 19.7. The first-order valence-corrected chi connectivity index (χ1v) is 8.14. The Kier molecular flexibility index (Phi) is 3.72. The maximum atomic E-state index is 4.67. The van der Waals surface area contributed by atoms with Crippen LogP contribution in [0, 0.1) is 6.92 Å². The molecule has 0 bridgehead atoms. The normalized spacial score (nSPS) is 15.8. The standard InChI is InChI=1S/C16H20N8/c1-11-20-15-13(9-19-23(15)2)16(21-11)24-7-4-12(5-8-24)22-14-3-6-17-10-18-14/h3,6,9-10,12H,4-5,7-8H2,1-2H3,(H,17,18,22). The molecule has 1 aliphatic heterocycles. The van der Waals surface area contributed by atoms with Gasteiger partial charge in [-0.15, -0.1) is 0 Å². The quantitative estimate of drug-likeness (QED) is 0.782. The van der Waals surface area contributed by atoms with Gasteiger partial charge in [-0.3, -0.25) is 4.68 Å². The fourth-order valence-corrected chi connectivity index (χ4v) is 3.18. The first-order valence-electron chi connectivity index (χ1n) is 8.14. The molecule has 0 saturated carbocycles. The van der Waals surface area contributed by atoms with E-state index in [1.807, 2.05) is 26.2 Å². The van der Waals surface area contributed by atoms with Crippen molar-refractivity contribution in [3.8, 4) is 0 Å². The van der Waals surface area contributed by atoms with Gasteiger partial charge in [0.1, 0.15) is 23.8 Å². The van der Waals surface area contributed by atoms with Gasteiger partial charge >= 0.3 is 0 Å². The van der Waals surface area contributed by atoms with Crippen LogP contribution in [0.4, 0.5) is 11.6 Å². The van der Waals surface area contributed by atoms with Crippen molar-refractivity contribution in [2.45, 2.75) is 25.8 Å². The summed E-state index contributed by atoms with van der Waals surface area (Å²) in [5, 5.41) is 8.82. The Morgan fingerprint density at radius 2 is 2.04 bits per heavy atom. The number of piperidine rings is 1. The number of fused-ring (bicyclic) bond motifs is 1.